The Hall–Kier alpha value is -2.17. The van der Waals surface area contributed by atoms with E-state index in [2.05, 4.69) is 10.2 Å². The molecule has 3 fully saturated rings. The van der Waals surface area contributed by atoms with Gasteiger partial charge in [-0.05, 0) is 50.7 Å². The predicted molar refractivity (Wildman–Crippen MR) is 92.7 cm³/mol. The highest BCUT2D eigenvalue weighted by molar-refractivity contribution is 5.92. The minimum atomic E-state index is -0.0195. The molecule has 2 aliphatic heterocycles. The standard InChI is InChI=1S/C19H24N2O3/c1-23-17-5-3-4-16(18(17)24-2)20-19(22)21-14-8-9-15(21)11-13(10-14)12-6-7-12/h3-5,14-15H,6-11H2,1-2H3,(H,20,22). The Morgan fingerprint density at radius 2 is 1.79 bits per heavy atom. The number of urea groups is 1. The minimum Gasteiger partial charge on any atom is -0.493 e. The van der Waals surface area contributed by atoms with E-state index in [1.165, 1.54) is 12.8 Å². The van der Waals surface area contributed by atoms with Gasteiger partial charge in [-0.15, -0.1) is 0 Å². The average Bonchev–Trinajstić information content (AvgIpc) is 3.40. The summed E-state index contributed by atoms with van der Waals surface area (Å²) in [5, 5.41) is 3.03. The molecule has 2 atom stereocenters. The summed E-state index contributed by atoms with van der Waals surface area (Å²) < 4.78 is 10.7. The summed E-state index contributed by atoms with van der Waals surface area (Å²) in [5.74, 6) is 1.19. The molecule has 1 aromatic carbocycles. The van der Waals surface area contributed by atoms with Gasteiger partial charge in [0.2, 0.25) is 0 Å². The van der Waals surface area contributed by atoms with Crippen LogP contribution in [0.15, 0.2) is 29.3 Å². The molecule has 1 aliphatic carbocycles. The number of hydrogen-bond donors (Lipinski definition) is 1. The van der Waals surface area contributed by atoms with E-state index in [9.17, 15) is 4.79 Å². The number of para-hydroxylation sites is 1. The van der Waals surface area contributed by atoms with Crippen LogP contribution < -0.4 is 14.8 Å². The van der Waals surface area contributed by atoms with E-state index in [-0.39, 0.29) is 6.03 Å². The number of rotatable bonds is 3. The van der Waals surface area contributed by atoms with Crippen LogP contribution in [0.1, 0.15) is 38.5 Å². The van der Waals surface area contributed by atoms with Crippen molar-refractivity contribution in [1.29, 1.82) is 0 Å². The van der Waals surface area contributed by atoms with Gasteiger partial charge >= 0.3 is 6.03 Å². The van der Waals surface area contributed by atoms with Crippen molar-refractivity contribution in [2.75, 3.05) is 19.5 Å². The number of hydrogen-bond acceptors (Lipinski definition) is 3. The summed E-state index contributed by atoms with van der Waals surface area (Å²) in [6.07, 6.45) is 6.92. The quantitative estimate of drug-likeness (QED) is 0.855. The molecule has 2 saturated heterocycles. The van der Waals surface area contributed by atoms with Gasteiger partial charge in [-0.2, -0.15) is 0 Å². The summed E-state index contributed by atoms with van der Waals surface area (Å²) in [6.45, 7) is 0. The van der Waals surface area contributed by atoms with E-state index in [4.69, 9.17) is 9.47 Å². The number of methoxy groups -OCH3 is 2. The van der Waals surface area contributed by atoms with E-state index < -0.39 is 0 Å². The normalized spacial score (nSPS) is 24.8. The van der Waals surface area contributed by atoms with Crippen LogP contribution in [0.5, 0.6) is 11.5 Å². The fraction of sp³-hybridized carbons (Fsp3) is 0.526. The van der Waals surface area contributed by atoms with Gasteiger partial charge in [0, 0.05) is 12.1 Å². The third-order valence-electron chi connectivity index (χ3n) is 5.46. The lowest BCUT2D eigenvalue weighted by atomic mass is 9.96. The maximum atomic E-state index is 12.9. The third-order valence-corrected chi connectivity index (χ3v) is 5.46. The number of fused-ring (bicyclic) bond motifs is 2. The van der Waals surface area contributed by atoms with Crippen LogP contribution in [0.3, 0.4) is 0 Å². The number of piperidine rings is 1. The zero-order valence-electron chi connectivity index (χ0n) is 14.3. The monoisotopic (exact) mass is 328 g/mol. The number of carbonyl (C=O) groups excluding carboxylic acids is 1. The molecule has 3 aliphatic rings. The fourth-order valence-corrected chi connectivity index (χ4v) is 4.22. The van der Waals surface area contributed by atoms with Gasteiger partial charge in [-0.25, -0.2) is 4.79 Å². The molecule has 2 unspecified atom stereocenters. The summed E-state index contributed by atoms with van der Waals surface area (Å²) in [6, 6.07) is 6.22. The first-order valence-electron chi connectivity index (χ1n) is 8.71. The third kappa shape index (κ3) is 2.62. The van der Waals surface area contributed by atoms with Crippen molar-refractivity contribution in [3.8, 4) is 11.5 Å². The zero-order chi connectivity index (χ0) is 16.7. The maximum absolute atomic E-state index is 12.9. The minimum absolute atomic E-state index is 0.0195. The topological polar surface area (TPSA) is 50.8 Å². The number of nitrogens with one attached hydrogen (secondary N) is 1. The maximum Gasteiger partial charge on any atom is 0.322 e. The molecule has 0 radical (unpaired) electrons. The van der Waals surface area contributed by atoms with Crippen molar-refractivity contribution in [2.45, 2.75) is 50.6 Å². The van der Waals surface area contributed by atoms with Gasteiger partial charge in [0.05, 0.1) is 19.9 Å². The van der Waals surface area contributed by atoms with Crippen LogP contribution in [0, 0.1) is 0 Å². The first kappa shape index (κ1) is 15.4. The highest BCUT2D eigenvalue weighted by Gasteiger charge is 2.42. The average molecular weight is 328 g/mol. The van der Waals surface area contributed by atoms with E-state index >= 15 is 0 Å². The van der Waals surface area contributed by atoms with Crippen molar-refractivity contribution < 1.29 is 14.3 Å². The molecule has 24 heavy (non-hydrogen) atoms. The summed E-state index contributed by atoms with van der Waals surface area (Å²) >= 11 is 0. The van der Waals surface area contributed by atoms with Gasteiger partial charge in [-0.3, -0.25) is 0 Å². The Morgan fingerprint density at radius 1 is 1.08 bits per heavy atom. The van der Waals surface area contributed by atoms with Gasteiger partial charge in [-0.1, -0.05) is 17.2 Å². The van der Waals surface area contributed by atoms with Crippen LogP contribution in [-0.2, 0) is 0 Å². The number of amides is 2. The van der Waals surface area contributed by atoms with Crippen molar-refractivity contribution in [2.24, 2.45) is 0 Å². The Kier molecular flexibility index (Phi) is 3.87. The van der Waals surface area contributed by atoms with E-state index in [1.54, 1.807) is 25.4 Å². The smallest absolute Gasteiger partial charge is 0.322 e. The fourth-order valence-electron chi connectivity index (χ4n) is 4.22. The van der Waals surface area contributed by atoms with Gasteiger partial charge in [0.1, 0.15) is 0 Å². The van der Waals surface area contributed by atoms with E-state index in [0.717, 1.165) is 25.7 Å². The second-order valence-corrected chi connectivity index (χ2v) is 6.88. The van der Waals surface area contributed by atoms with Crippen molar-refractivity contribution >= 4 is 11.7 Å². The van der Waals surface area contributed by atoms with Crippen LogP contribution >= 0.6 is 0 Å². The SMILES string of the molecule is COc1cccc(NC(=O)N2C3CCC2CC(=C2CC2)C3)c1OC. The molecule has 1 saturated carbocycles. The molecular weight excluding hydrogens is 304 g/mol. The Labute approximate surface area is 142 Å². The highest BCUT2D eigenvalue weighted by Crippen LogP contribution is 2.45. The second-order valence-electron chi connectivity index (χ2n) is 6.88. The Balaban J connectivity index is 1.52. The van der Waals surface area contributed by atoms with Crippen LogP contribution in [0.2, 0.25) is 0 Å². The van der Waals surface area contributed by atoms with Crippen molar-refractivity contribution in [1.82, 2.24) is 4.90 Å². The number of allylic oxidation sites excluding steroid dienone is 1. The number of benzene rings is 1. The van der Waals surface area contributed by atoms with Crippen molar-refractivity contribution in [3.63, 3.8) is 0 Å². The molecule has 1 N–H and O–H groups in total. The number of ether oxygens (including phenoxy) is 2. The van der Waals surface area contributed by atoms with E-state index in [1.807, 2.05) is 18.2 Å². The summed E-state index contributed by atoms with van der Waals surface area (Å²) in [5.41, 5.74) is 3.94. The van der Waals surface area contributed by atoms with Gasteiger partial charge in [0.15, 0.2) is 11.5 Å². The summed E-state index contributed by atoms with van der Waals surface area (Å²) in [7, 11) is 3.19. The molecule has 5 nitrogen and oxygen atoms in total. The van der Waals surface area contributed by atoms with Gasteiger partial charge < -0.3 is 19.7 Å². The molecule has 1 aromatic rings. The molecular formula is C19H24N2O3. The largest absolute Gasteiger partial charge is 0.493 e. The van der Waals surface area contributed by atoms with Crippen LogP contribution in [0.4, 0.5) is 10.5 Å². The first-order chi connectivity index (χ1) is 11.7. The molecule has 128 valence electrons. The number of carbonyl (C=O) groups is 1. The Bertz CT molecular complexity index is 676. The Morgan fingerprint density at radius 3 is 2.38 bits per heavy atom. The van der Waals surface area contributed by atoms with Crippen molar-refractivity contribution in [3.05, 3.63) is 29.3 Å². The zero-order valence-corrected chi connectivity index (χ0v) is 14.3. The van der Waals surface area contributed by atoms with Crippen LogP contribution in [0.25, 0.3) is 0 Å². The molecule has 2 amide bonds. The number of nitrogens with zero attached hydrogens (tertiary/aromatic N) is 1. The molecule has 0 spiro atoms. The highest BCUT2D eigenvalue weighted by atomic mass is 16.5. The first-order valence-corrected chi connectivity index (χ1v) is 8.71. The second kappa shape index (κ2) is 6.04. The van der Waals surface area contributed by atoms with Gasteiger partial charge in [0.25, 0.3) is 0 Å². The van der Waals surface area contributed by atoms with E-state index in [0.29, 0.717) is 29.3 Å². The summed E-state index contributed by atoms with van der Waals surface area (Å²) in [4.78, 5) is 15.0. The van der Waals surface area contributed by atoms with Crippen LogP contribution in [-0.4, -0.2) is 37.2 Å². The lowest BCUT2D eigenvalue weighted by Crippen LogP contribution is -2.46. The number of anilines is 1. The lowest BCUT2D eigenvalue weighted by molar-refractivity contribution is 0.173. The molecule has 4 rings (SSSR count). The molecule has 2 heterocycles. The predicted octanol–water partition coefficient (Wildman–Crippen LogP) is 3.95. The molecule has 0 aromatic heterocycles. The molecule has 2 bridgehead atoms. The molecule has 5 heteroatoms. The lowest BCUT2D eigenvalue weighted by Gasteiger charge is -2.36.